The van der Waals surface area contributed by atoms with Gasteiger partial charge in [-0.05, 0) is 58.7 Å². The fraction of sp³-hybridized carbons (Fsp3) is 0.429. The second-order valence-electron chi connectivity index (χ2n) is 7.97. The molecule has 0 bridgehead atoms. The van der Waals surface area contributed by atoms with Gasteiger partial charge in [0.1, 0.15) is 5.82 Å². The van der Waals surface area contributed by atoms with Crippen LogP contribution < -0.4 is 0 Å². The monoisotopic (exact) mass is 334 g/mol. The number of aryl methyl sites for hydroxylation is 1. The van der Waals surface area contributed by atoms with Crippen LogP contribution in [0.1, 0.15) is 58.2 Å². The lowest BCUT2D eigenvalue weighted by atomic mass is 9.84. The van der Waals surface area contributed by atoms with E-state index in [2.05, 4.69) is 47.6 Å². The number of hydrogen-bond acceptors (Lipinski definition) is 0. The average molecular weight is 335 g/mol. The predicted molar refractivity (Wildman–Crippen MR) is 100.0 cm³/mol. The molecule has 0 fully saturated rings. The zero-order chi connectivity index (χ0) is 17.8. The molecule has 2 aromatic carbocycles. The van der Waals surface area contributed by atoms with Gasteiger partial charge in [0.05, 0.1) is 0 Å². The molecular weight excluding hydrogens is 307 g/mol. The molecule has 0 N–H and O–H groups in total. The number of hydrogen-bond donors (Lipinski definition) is 0. The first-order chi connectivity index (χ1) is 10.4. The van der Waals surface area contributed by atoms with E-state index in [1.54, 1.807) is 6.07 Å². The van der Waals surface area contributed by atoms with Gasteiger partial charge in [-0.2, -0.15) is 0 Å². The molecule has 2 heteroatoms. The molecule has 0 radical (unpaired) electrons. The van der Waals surface area contributed by atoms with Gasteiger partial charge < -0.3 is 0 Å². The van der Waals surface area contributed by atoms with Crippen LogP contribution in [0.15, 0.2) is 42.5 Å². The van der Waals surface area contributed by atoms with E-state index >= 15 is 0 Å². The lowest BCUT2D eigenvalue weighted by Gasteiger charge is -2.21. The van der Waals surface area contributed by atoms with E-state index in [0.717, 1.165) is 16.1 Å². The highest BCUT2D eigenvalue weighted by Crippen LogP contribution is 2.26. The van der Waals surface area contributed by atoms with Crippen molar-refractivity contribution >= 4 is 11.6 Å². The van der Waals surface area contributed by atoms with Gasteiger partial charge in [-0.1, -0.05) is 71.3 Å². The summed E-state index contributed by atoms with van der Waals surface area (Å²) in [6, 6.07) is 13.0. The lowest BCUT2D eigenvalue weighted by molar-refractivity contribution is 0.568. The molecule has 0 saturated heterocycles. The van der Waals surface area contributed by atoms with Crippen molar-refractivity contribution in [3.63, 3.8) is 0 Å². The summed E-state index contributed by atoms with van der Waals surface area (Å²) < 4.78 is 12.9. The maximum atomic E-state index is 12.9. The van der Waals surface area contributed by atoms with E-state index < -0.39 is 0 Å². The molecule has 0 heterocycles. The average Bonchev–Trinajstić information content (AvgIpc) is 2.40. The molecule has 0 aliphatic rings. The Morgan fingerprint density at radius 1 is 0.826 bits per heavy atom. The third kappa shape index (κ3) is 6.35. The largest absolute Gasteiger partial charge is 0.207 e. The zero-order valence-corrected chi connectivity index (χ0v) is 16.1. The first-order valence-electron chi connectivity index (χ1n) is 7.94. The summed E-state index contributed by atoms with van der Waals surface area (Å²) in [5.41, 5.74) is 3.76. The number of benzene rings is 2. The van der Waals surface area contributed by atoms with Gasteiger partial charge in [0, 0.05) is 5.02 Å². The Kier molecular flexibility index (Phi) is 6.41. The topological polar surface area (TPSA) is 0 Å². The van der Waals surface area contributed by atoms with Crippen molar-refractivity contribution < 1.29 is 4.39 Å². The second-order valence-corrected chi connectivity index (χ2v) is 8.41. The first-order valence-corrected chi connectivity index (χ1v) is 8.32. The summed E-state index contributed by atoms with van der Waals surface area (Å²) in [7, 11) is 0. The molecule has 2 rings (SSSR count). The second kappa shape index (κ2) is 7.49. The minimum Gasteiger partial charge on any atom is -0.207 e. The van der Waals surface area contributed by atoms with Crippen molar-refractivity contribution in [2.75, 3.05) is 0 Å². The normalized spacial score (nSPS) is 11.7. The van der Waals surface area contributed by atoms with Crippen LogP contribution in [0.4, 0.5) is 4.39 Å². The Bertz CT molecular complexity index is 646. The molecule has 0 aliphatic carbocycles. The van der Waals surface area contributed by atoms with E-state index in [1.807, 2.05) is 31.2 Å². The summed E-state index contributed by atoms with van der Waals surface area (Å²) >= 11 is 5.85. The Hall–Kier alpha value is -1.34. The quantitative estimate of drug-likeness (QED) is 0.483. The van der Waals surface area contributed by atoms with Gasteiger partial charge in [-0.15, -0.1) is 0 Å². The van der Waals surface area contributed by atoms with Crippen LogP contribution in [0.25, 0.3) is 0 Å². The Balaban J connectivity index is 0.000000231. The van der Waals surface area contributed by atoms with Crippen LogP contribution in [0, 0.1) is 12.7 Å². The summed E-state index contributed by atoms with van der Waals surface area (Å²) in [4.78, 5) is 0. The molecule has 126 valence electrons. The SMILES string of the molecule is CC(C)(C)c1cccc(Cl)c1.Cc1ccc(F)cc1C(C)(C)C. The minimum atomic E-state index is -0.148. The molecule has 0 unspecified atom stereocenters. The maximum Gasteiger partial charge on any atom is 0.123 e. The van der Waals surface area contributed by atoms with Gasteiger partial charge in [0.15, 0.2) is 0 Å². The Morgan fingerprint density at radius 2 is 1.43 bits per heavy atom. The van der Waals surface area contributed by atoms with Crippen LogP contribution in [0.2, 0.25) is 5.02 Å². The molecule has 0 spiro atoms. The summed E-state index contributed by atoms with van der Waals surface area (Å²) in [5, 5.41) is 0.817. The van der Waals surface area contributed by atoms with Crippen molar-refractivity contribution in [3.8, 4) is 0 Å². The van der Waals surface area contributed by atoms with Gasteiger partial charge in [0.2, 0.25) is 0 Å². The molecule has 0 amide bonds. The Morgan fingerprint density at radius 3 is 1.83 bits per heavy atom. The number of halogens is 2. The first kappa shape index (κ1) is 19.7. The van der Waals surface area contributed by atoms with Gasteiger partial charge >= 0.3 is 0 Å². The van der Waals surface area contributed by atoms with Gasteiger partial charge in [-0.25, -0.2) is 4.39 Å². The maximum absolute atomic E-state index is 12.9. The molecule has 0 atom stereocenters. The van der Waals surface area contributed by atoms with Gasteiger partial charge in [0.25, 0.3) is 0 Å². The van der Waals surface area contributed by atoms with Crippen LogP contribution >= 0.6 is 11.6 Å². The molecular formula is C21H28ClF. The van der Waals surface area contributed by atoms with Crippen LogP contribution in [0.5, 0.6) is 0 Å². The highest BCUT2D eigenvalue weighted by molar-refractivity contribution is 6.30. The summed E-state index contributed by atoms with van der Waals surface area (Å²) in [5.74, 6) is -0.148. The van der Waals surface area contributed by atoms with Crippen molar-refractivity contribution in [1.82, 2.24) is 0 Å². The lowest BCUT2D eigenvalue weighted by Crippen LogP contribution is -2.13. The van der Waals surface area contributed by atoms with Crippen molar-refractivity contribution in [2.45, 2.75) is 59.3 Å². The minimum absolute atomic E-state index is 0.0339. The van der Waals surface area contributed by atoms with E-state index in [9.17, 15) is 4.39 Å². The third-order valence-corrected chi connectivity index (χ3v) is 3.93. The standard InChI is InChI=1S/C11H15F.C10H13Cl/c1-8-5-6-9(12)7-10(8)11(2,3)4;1-10(2,3)8-5-4-6-9(11)7-8/h5-7H,1-4H3;4-7H,1-3H3. The van der Waals surface area contributed by atoms with E-state index in [4.69, 9.17) is 11.6 Å². The fourth-order valence-corrected chi connectivity index (χ4v) is 2.55. The van der Waals surface area contributed by atoms with Gasteiger partial charge in [-0.3, -0.25) is 0 Å². The molecule has 0 saturated carbocycles. The van der Waals surface area contributed by atoms with Crippen molar-refractivity contribution in [1.29, 1.82) is 0 Å². The zero-order valence-electron chi connectivity index (χ0n) is 15.3. The number of rotatable bonds is 0. The predicted octanol–water partition coefficient (Wildman–Crippen LogP) is 7.07. The highest BCUT2D eigenvalue weighted by atomic mass is 35.5. The summed E-state index contributed by atoms with van der Waals surface area (Å²) in [6.07, 6.45) is 0. The van der Waals surface area contributed by atoms with E-state index in [1.165, 1.54) is 11.6 Å². The van der Waals surface area contributed by atoms with Crippen molar-refractivity contribution in [2.24, 2.45) is 0 Å². The van der Waals surface area contributed by atoms with Crippen LogP contribution in [-0.4, -0.2) is 0 Å². The van der Waals surface area contributed by atoms with Crippen molar-refractivity contribution in [3.05, 3.63) is 70.0 Å². The fourth-order valence-electron chi connectivity index (χ4n) is 2.36. The van der Waals surface area contributed by atoms with E-state index in [0.29, 0.717) is 0 Å². The van der Waals surface area contributed by atoms with Crippen LogP contribution in [-0.2, 0) is 10.8 Å². The van der Waals surface area contributed by atoms with E-state index in [-0.39, 0.29) is 16.6 Å². The highest BCUT2D eigenvalue weighted by Gasteiger charge is 2.16. The molecule has 0 aromatic heterocycles. The summed E-state index contributed by atoms with van der Waals surface area (Å²) in [6.45, 7) is 14.8. The molecule has 0 nitrogen and oxygen atoms in total. The molecule has 0 aliphatic heterocycles. The Labute approximate surface area is 145 Å². The molecule has 2 aromatic rings. The molecule has 23 heavy (non-hydrogen) atoms. The third-order valence-electron chi connectivity index (χ3n) is 3.70. The van der Waals surface area contributed by atoms with Crippen LogP contribution in [0.3, 0.4) is 0 Å². The smallest absolute Gasteiger partial charge is 0.123 e.